The zero-order valence-corrected chi connectivity index (χ0v) is 17.5. The van der Waals surface area contributed by atoms with E-state index in [1.54, 1.807) is 43.0 Å². The highest BCUT2D eigenvalue weighted by Gasteiger charge is 2.35. The predicted octanol–water partition coefficient (Wildman–Crippen LogP) is 3.28. The van der Waals surface area contributed by atoms with Crippen molar-refractivity contribution in [2.45, 2.75) is 19.4 Å². The van der Waals surface area contributed by atoms with Crippen molar-refractivity contribution >= 4 is 29.1 Å². The second-order valence-electron chi connectivity index (χ2n) is 7.55. The van der Waals surface area contributed by atoms with Gasteiger partial charge in [-0.05, 0) is 50.2 Å². The van der Waals surface area contributed by atoms with Crippen LogP contribution in [0.15, 0.2) is 54.6 Å². The van der Waals surface area contributed by atoms with Crippen molar-refractivity contribution in [3.8, 4) is 5.75 Å². The van der Waals surface area contributed by atoms with E-state index >= 15 is 0 Å². The Morgan fingerprint density at radius 2 is 1.62 bits per heavy atom. The number of hydrogen-bond donors (Lipinski definition) is 1. The largest absolute Gasteiger partial charge is 0.478 e. The van der Waals surface area contributed by atoms with Crippen LogP contribution in [0.3, 0.4) is 0 Å². The van der Waals surface area contributed by atoms with Crippen LogP contribution >= 0.6 is 11.6 Å². The first-order valence-electron chi connectivity index (χ1n) is 9.65. The zero-order chi connectivity index (χ0) is 20.9. The minimum atomic E-state index is -0.985. The smallest absolute Gasteiger partial charge is 0.266 e. The Bertz CT molecular complexity index is 832. The standard InChI is InChI=1S/C22H26ClN3O3/c1-22(2,29-19-10-8-17(23)9-11-19)21(28)26-14-12-25(13-15-26)16-20(27)24-18-6-4-3-5-7-18/h3-11H,12-16H2,1-2H3,(H,24,27). The first-order chi connectivity index (χ1) is 13.8. The average Bonchev–Trinajstić information content (AvgIpc) is 2.70. The quantitative estimate of drug-likeness (QED) is 0.786. The number of carbonyl (C=O) groups is 2. The van der Waals surface area contributed by atoms with Gasteiger partial charge in [0.25, 0.3) is 5.91 Å². The maximum atomic E-state index is 12.9. The molecule has 1 saturated heterocycles. The van der Waals surface area contributed by atoms with Crippen LogP contribution in [0.1, 0.15) is 13.8 Å². The average molecular weight is 416 g/mol. The number of nitrogens with one attached hydrogen (secondary N) is 1. The number of rotatable bonds is 6. The van der Waals surface area contributed by atoms with Crippen molar-refractivity contribution in [1.82, 2.24) is 9.80 Å². The molecule has 1 aliphatic rings. The van der Waals surface area contributed by atoms with Gasteiger partial charge in [-0.2, -0.15) is 0 Å². The van der Waals surface area contributed by atoms with Crippen molar-refractivity contribution in [3.05, 3.63) is 59.6 Å². The SMILES string of the molecule is CC(C)(Oc1ccc(Cl)cc1)C(=O)N1CCN(CC(=O)Nc2ccccc2)CC1. The number of para-hydroxylation sites is 1. The summed E-state index contributed by atoms with van der Waals surface area (Å²) in [5, 5.41) is 3.51. The number of amides is 2. The molecular weight excluding hydrogens is 390 g/mol. The number of nitrogens with zero attached hydrogens (tertiary/aromatic N) is 2. The molecule has 0 radical (unpaired) electrons. The summed E-state index contributed by atoms with van der Waals surface area (Å²) in [5.41, 5.74) is -0.201. The Morgan fingerprint density at radius 3 is 2.24 bits per heavy atom. The van der Waals surface area contributed by atoms with Crippen LogP contribution in [-0.4, -0.2) is 59.9 Å². The molecule has 0 atom stereocenters. The lowest BCUT2D eigenvalue weighted by Crippen LogP contribution is -2.56. The van der Waals surface area contributed by atoms with Gasteiger partial charge in [-0.3, -0.25) is 14.5 Å². The molecule has 1 N–H and O–H groups in total. The Hall–Kier alpha value is -2.57. The summed E-state index contributed by atoms with van der Waals surface area (Å²) >= 11 is 5.90. The second kappa shape index (κ2) is 9.29. The van der Waals surface area contributed by atoms with Crippen LogP contribution in [0.4, 0.5) is 5.69 Å². The van der Waals surface area contributed by atoms with Gasteiger partial charge >= 0.3 is 0 Å². The van der Waals surface area contributed by atoms with E-state index in [9.17, 15) is 9.59 Å². The third kappa shape index (κ3) is 5.95. The first kappa shape index (κ1) is 21.1. The maximum absolute atomic E-state index is 12.9. The molecule has 1 aliphatic heterocycles. The van der Waals surface area contributed by atoms with Crippen LogP contribution in [-0.2, 0) is 9.59 Å². The van der Waals surface area contributed by atoms with E-state index in [2.05, 4.69) is 10.2 Å². The Kier molecular flexibility index (Phi) is 6.77. The summed E-state index contributed by atoms with van der Waals surface area (Å²) in [6.07, 6.45) is 0. The minimum absolute atomic E-state index is 0.0534. The number of hydrogen-bond acceptors (Lipinski definition) is 4. The first-order valence-corrected chi connectivity index (χ1v) is 10.0. The van der Waals surface area contributed by atoms with E-state index in [0.29, 0.717) is 43.5 Å². The lowest BCUT2D eigenvalue weighted by molar-refractivity contribution is -0.147. The molecule has 1 heterocycles. The molecule has 7 heteroatoms. The van der Waals surface area contributed by atoms with Gasteiger partial charge in [0.2, 0.25) is 5.91 Å². The summed E-state index contributed by atoms with van der Waals surface area (Å²) in [7, 11) is 0. The van der Waals surface area contributed by atoms with Crippen molar-refractivity contribution in [1.29, 1.82) is 0 Å². The van der Waals surface area contributed by atoms with Crippen molar-refractivity contribution < 1.29 is 14.3 Å². The molecule has 2 aromatic rings. The van der Waals surface area contributed by atoms with Gasteiger partial charge < -0.3 is 15.0 Å². The fourth-order valence-electron chi connectivity index (χ4n) is 3.26. The van der Waals surface area contributed by atoms with Gasteiger partial charge in [-0.25, -0.2) is 0 Å². The van der Waals surface area contributed by atoms with E-state index in [1.807, 2.05) is 30.3 Å². The van der Waals surface area contributed by atoms with Crippen LogP contribution < -0.4 is 10.1 Å². The molecule has 29 heavy (non-hydrogen) atoms. The third-order valence-corrected chi connectivity index (χ3v) is 5.04. The second-order valence-corrected chi connectivity index (χ2v) is 7.99. The van der Waals surface area contributed by atoms with Crippen LogP contribution in [0.2, 0.25) is 5.02 Å². The molecule has 154 valence electrons. The zero-order valence-electron chi connectivity index (χ0n) is 16.7. The molecule has 0 unspecified atom stereocenters. The number of anilines is 1. The number of carbonyl (C=O) groups excluding carboxylic acids is 2. The molecule has 2 amide bonds. The number of piperazine rings is 1. The summed E-state index contributed by atoms with van der Waals surface area (Å²) in [6, 6.07) is 16.4. The normalized spacial score (nSPS) is 15.1. The van der Waals surface area contributed by atoms with Gasteiger partial charge in [0, 0.05) is 36.9 Å². The molecule has 2 aromatic carbocycles. The van der Waals surface area contributed by atoms with Gasteiger partial charge in [0.05, 0.1) is 6.54 Å². The fraction of sp³-hybridized carbons (Fsp3) is 0.364. The van der Waals surface area contributed by atoms with Gasteiger partial charge in [0.15, 0.2) is 5.60 Å². The van der Waals surface area contributed by atoms with Crippen molar-refractivity contribution in [2.24, 2.45) is 0 Å². The highest BCUT2D eigenvalue weighted by Crippen LogP contribution is 2.23. The molecule has 1 fully saturated rings. The van der Waals surface area contributed by atoms with E-state index in [0.717, 1.165) is 5.69 Å². The highest BCUT2D eigenvalue weighted by atomic mass is 35.5. The van der Waals surface area contributed by atoms with Gasteiger partial charge in [0.1, 0.15) is 5.75 Å². The summed E-state index contributed by atoms with van der Waals surface area (Å²) < 4.78 is 5.90. The number of halogens is 1. The van der Waals surface area contributed by atoms with E-state index in [-0.39, 0.29) is 11.8 Å². The van der Waals surface area contributed by atoms with E-state index < -0.39 is 5.60 Å². The van der Waals surface area contributed by atoms with Crippen LogP contribution in [0.25, 0.3) is 0 Å². The Labute approximate surface area is 176 Å². The molecule has 3 rings (SSSR count). The number of ether oxygens (including phenoxy) is 1. The summed E-state index contributed by atoms with van der Waals surface area (Å²) in [6.45, 7) is 6.25. The van der Waals surface area contributed by atoms with Gasteiger partial charge in [-0.15, -0.1) is 0 Å². The van der Waals surface area contributed by atoms with Crippen LogP contribution in [0, 0.1) is 0 Å². The topological polar surface area (TPSA) is 61.9 Å². The molecule has 0 saturated carbocycles. The fourth-order valence-corrected chi connectivity index (χ4v) is 3.38. The molecule has 0 bridgehead atoms. The molecule has 6 nitrogen and oxygen atoms in total. The molecule has 0 spiro atoms. The van der Waals surface area contributed by atoms with Crippen molar-refractivity contribution in [2.75, 3.05) is 38.0 Å². The predicted molar refractivity (Wildman–Crippen MR) is 114 cm³/mol. The van der Waals surface area contributed by atoms with Crippen LogP contribution in [0.5, 0.6) is 5.75 Å². The number of benzene rings is 2. The Morgan fingerprint density at radius 1 is 1.00 bits per heavy atom. The molecule has 0 aromatic heterocycles. The Balaban J connectivity index is 1.48. The summed E-state index contributed by atoms with van der Waals surface area (Å²) in [5.74, 6) is 0.479. The molecule has 0 aliphatic carbocycles. The minimum Gasteiger partial charge on any atom is -0.478 e. The van der Waals surface area contributed by atoms with E-state index in [4.69, 9.17) is 16.3 Å². The lowest BCUT2D eigenvalue weighted by Gasteiger charge is -2.38. The van der Waals surface area contributed by atoms with Crippen molar-refractivity contribution in [3.63, 3.8) is 0 Å². The summed E-state index contributed by atoms with van der Waals surface area (Å²) in [4.78, 5) is 29.0. The van der Waals surface area contributed by atoms with Gasteiger partial charge in [-0.1, -0.05) is 29.8 Å². The van der Waals surface area contributed by atoms with E-state index in [1.165, 1.54) is 0 Å². The highest BCUT2D eigenvalue weighted by molar-refractivity contribution is 6.30. The monoisotopic (exact) mass is 415 g/mol. The third-order valence-electron chi connectivity index (χ3n) is 4.79. The lowest BCUT2D eigenvalue weighted by atomic mass is 10.1. The molecular formula is C22H26ClN3O3. The maximum Gasteiger partial charge on any atom is 0.266 e.